The van der Waals surface area contributed by atoms with Crippen LogP contribution in [0, 0.1) is 5.92 Å². The monoisotopic (exact) mass is 450 g/mol. The fourth-order valence-electron chi connectivity index (χ4n) is 4.83. The van der Waals surface area contributed by atoms with Crippen molar-refractivity contribution in [1.82, 2.24) is 15.2 Å². The average Bonchev–Trinajstić information content (AvgIpc) is 3.29. The third kappa shape index (κ3) is 6.54. The molecule has 2 fully saturated rings. The zero-order valence-electron chi connectivity index (χ0n) is 19.4. The number of likely N-dealkylation sites (tertiary alicyclic amines) is 1. The number of hydrogen-bond acceptors (Lipinski definition) is 6. The van der Waals surface area contributed by atoms with E-state index >= 15 is 0 Å². The molecule has 1 N–H and O–H groups in total. The lowest BCUT2D eigenvalue weighted by atomic mass is 9.92. The molecule has 2 aromatic rings. The standard InChI is InChI=1S/C26H34N4O3/c1-33-26(32)22-8-9-24(27-17-22)30-15-11-20(12-16-30)7-10-25(31)28-23-13-14-29(19-23)18-21-5-3-2-4-6-21/h2-6,8-9,17,20,23H,7,10-16,18-19H2,1H3,(H,28,31). The van der Waals surface area contributed by atoms with Gasteiger partial charge in [0.1, 0.15) is 5.82 Å². The lowest BCUT2D eigenvalue weighted by Crippen LogP contribution is -2.38. The Morgan fingerprint density at radius 1 is 1.06 bits per heavy atom. The molecule has 7 heteroatoms. The van der Waals surface area contributed by atoms with Gasteiger partial charge in [-0.2, -0.15) is 0 Å². The van der Waals surface area contributed by atoms with Crippen LogP contribution in [0.2, 0.25) is 0 Å². The summed E-state index contributed by atoms with van der Waals surface area (Å²) in [5, 5.41) is 3.25. The molecular weight excluding hydrogens is 416 g/mol. The molecule has 1 aromatic carbocycles. The highest BCUT2D eigenvalue weighted by atomic mass is 16.5. The molecule has 1 unspecified atom stereocenters. The number of nitrogens with zero attached hydrogens (tertiary/aromatic N) is 3. The number of piperidine rings is 1. The van der Waals surface area contributed by atoms with Crippen molar-refractivity contribution >= 4 is 17.7 Å². The smallest absolute Gasteiger partial charge is 0.339 e. The summed E-state index contributed by atoms with van der Waals surface area (Å²) in [7, 11) is 1.37. The first kappa shape index (κ1) is 23.2. The molecule has 7 nitrogen and oxygen atoms in total. The van der Waals surface area contributed by atoms with Gasteiger partial charge in [-0.05, 0) is 49.3 Å². The molecule has 0 bridgehead atoms. The number of esters is 1. The van der Waals surface area contributed by atoms with Gasteiger partial charge >= 0.3 is 5.97 Å². The van der Waals surface area contributed by atoms with E-state index in [2.05, 4.69) is 44.4 Å². The van der Waals surface area contributed by atoms with Crippen LogP contribution in [0.4, 0.5) is 5.82 Å². The van der Waals surface area contributed by atoms with Crippen molar-refractivity contribution in [2.45, 2.75) is 44.7 Å². The van der Waals surface area contributed by atoms with E-state index in [-0.39, 0.29) is 17.9 Å². The molecule has 1 aromatic heterocycles. The molecule has 2 aliphatic heterocycles. The second-order valence-corrected chi connectivity index (χ2v) is 9.14. The normalized spacial score (nSPS) is 19.4. The molecule has 0 saturated carbocycles. The molecule has 0 aliphatic carbocycles. The van der Waals surface area contributed by atoms with Crippen molar-refractivity contribution in [3.05, 3.63) is 59.8 Å². The summed E-state index contributed by atoms with van der Waals surface area (Å²) < 4.78 is 4.73. The van der Waals surface area contributed by atoms with Gasteiger partial charge in [0.05, 0.1) is 12.7 Å². The Labute approximate surface area is 196 Å². The number of methoxy groups -OCH3 is 1. The Bertz CT molecular complexity index is 911. The molecule has 0 spiro atoms. The Morgan fingerprint density at radius 2 is 1.85 bits per heavy atom. The maximum atomic E-state index is 12.5. The van der Waals surface area contributed by atoms with E-state index in [9.17, 15) is 9.59 Å². The van der Waals surface area contributed by atoms with Crippen molar-refractivity contribution in [3.63, 3.8) is 0 Å². The summed E-state index contributed by atoms with van der Waals surface area (Å²) in [6, 6.07) is 14.4. The van der Waals surface area contributed by atoms with Crippen LogP contribution in [0.25, 0.3) is 0 Å². The summed E-state index contributed by atoms with van der Waals surface area (Å²) in [5.41, 5.74) is 1.79. The second kappa shape index (κ2) is 11.3. The van der Waals surface area contributed by atoms with Crippen molar-refractivity contribution in [1.29, 1.82) is 0 Å². The Morgan fingerprint density at radius 3 is 2.55 bits per heavy atom. The topological polar surface area (TPSA) is 74.8 Å². The number of pyridine rings is 1. The fraction of sp³-hybridized carbons (Fsp3) is 0.500. The summed E-state index contributed by atoms with van der Waals surface area (Å²) in [4.78, 5) is 33.2. The highest BCUT2D eigenvalue weighted by molar-refractivity contribution is 5.89. The van der Waals surface area contributed by atoms with Crippen LogP contribution >= 0.6 is 0 Å². The van der Waals surface area contributed by atoms with Gasteiger partial charge < -0.3 is 15.0 Å². The van der Waals surface area contributed by atoms with Crippen molar-refractivity contribution in [2.24, 2.45) is 5.92 Å². The maximum absolute atomic E-state index is 12.5. The molecule has 176 valence electrons. The molecule has 0 radical (unpaired) electrons. The number of anilines is 1. The Kier molecular flexibility index (Phi) is 7.94. The summed E-state index contributed by atoms with van der Waals surface area (Å²) >= 11 is 0. The molecule has 33 heavy (non-hydrogen) atoms. The fourth-order valence-corrected chi connectivity index (χ4v) is 4.83. The molecule has 2 aliphatic rings. The number of aromatic nitrogens is 1. The van der Waals surface area contributed by atoms with Gasteiger partial charge in [0.15, 0.2) is 0 Å². The number of carbonyl (C=O) groups is 2. The number of hydrogen-bond donors (Lipinski definition) is 1. The van der Waals surface area contributed by atoms with E-state index in [1.54, 1.807) is 12.3 Å². The van der Waals surface area contributed by atoms with Crippen LogP contribution in [0.15, 0.2) is 48.7 Å². The number of benzene rings is 1. The highest BCUT2D eigenvalue weighted by Gasteiger charge is 2.25. The molecule has 1 atom stereocenters. The van der Waals surface area contributed by atoms with E-state index in [1.165, 1.54) is 12.7 Å². The molecule has 4 rings (SSSR count). The molecular formula is C26H34N4O3. The zero-order chi connectivity index (χ0) is 23.0. The van der Waals surface area contributed by atoms with Crippen LogP contribution in [0.1, 0.15) is 48.0 Å². The van der Waals surface area contributed by atoms with Crippen molar-refractivity contribution < 1.29 is 14.3 Å². The highest BCUT2D eigenvalue weighted by Crippen LogP contribution is 2.25. The van der Waals surface area contributed by atoms with Gasteiger partial charge in [0, 0.05) is 51.4 Å². The van der Waals surface area contributed by atoms with Crippen molar-refractivity contribution in [3.8, 4) is 0 Å². The minimum Gasteiger partial charge on any atom is -0.465 e. The third-order valence-electron chi connectivity index (χ3n) is 6.77. The quantitative estimate of drug-likeness (QED) is 0.623. The summed E-state index contributed by atoms with van der Waals surface area (Å²) in [6.07, 6.45) is 6.26. The first-order chi connectivity index (χ1) is 16.1. The summed E-state index contributed by atoms with van der Waals surface area (Å²) in [6.45, 7) is 4.77. The van der Waals surface area contributed by atoms with Gasteiger partial charge in [-0.15, -0.1) is 0 Å². The van der Waals surface area contributed by atoms with E-state index in [4.69, 9.17) is 4.74 Å². The Hall–Kier alpha value is -2.93. The number of ether oxygens (including phenoxy) is 1. The minimum absolute atomic E-state index is 0.184. The van der Waals surface area contributed by atoms with Crippen LogP contribution < -0.4 is 10.2 Å². The van der Waals surface area contributed by atoms with E-state index in [0.717, 1.165) is 64.2 Å². The van der Waals surface area contributed by atoms with E-state index in [0.29, 0.717) is 17.9 Å². The number of amides is 1. The first-order valence-electron chi connectivity index (χ1n) is 12.0. The Balaban J connectivity index is 1.14. The van der Waals surface area contributed by atoms with Gasteiger partial charge in [-0.3, -0.25) is 9.69 Å². The minimum atomic E-state index is -0.368. The molecule has 2 saturated heterocycles. The van der Waals surface area contributed by atoms with E-state index in [1.807, 2.05) is 12.1 Å². The van der Waals surface area contributed by atoms with Gasteiger partial charge in [-0.25, -0.2) is 9.78 Å². The predicted octanol–water partition coefficient (Wildman–Crippen LogP) is 3.26. The largest absolute Gasteiger partial charge is 0.465 e. The lowest BCUT2D eigenvalue weighted by molar-refractivity contribution is -0.122. The number of nitrogens with one attached hydrogen (secondary N) is 1. The van der Waals surface area contributed by atoms with Crippen LogP contribution in [-0.2, 0) is 16.1 Å². The third-order valence-corrected chi connectivity index (χ3v) is 6.77. The van der Waals surface area contributed by atoms with Crippen molar-refractivity contribution in [2.75, 3.05) is 38.2 Å². The average molecular weight is 451 g/mol. The van der Waals surface area contributed by atoms with Crippen LogP contribution in [0.5, 0.6) is 0 Å². The zero-order valence-corrected chi connectivity index (χ0v) is 19.4. The van der Waals surface area contributed by atoms with Gasteiger partial charge in [0.2, 0.25) is 5.91 Å². The second-order valence-electron chi connectivity index (χ2n) is 9.14. The molecule has 3 heterocycles. The lowest BCUT2D eigenvalue weighted by Gasteiger charge is -2.32. The van der Waals surface area contributed by atoms with Gasteiger partial charge in [0.25, 0.3) is 0 Å². The van der Waals surface area contributed by atoms with Crippen LogP contribution in [0.3, 0.4) is 0 Å². The number of rotatable bonds is 8. The molecule has 1 amide bonds. The summed E-state index contributed by atoms with van der Waals surface area (Å²) in [5.74, 6) is 1.27. The first-order valence-corrected chi connectivity index (χ1v) is 12.0. The number of carbonyl (C=O) groups excluding carboxylic acids is 2. The van der Waals surface area contributed by atoms with Crippen LogP contribution in [-0.4, -0.2) is 61.1 Å². The van der Waals surface area contributed by atoms with Gasteiger partial charge in [-0.1, -0.05) is 30.3 Å². The maximum Gasteiger partial charge on any atom is 0.339 e. The van der Waals surface area contributed by atoms with E-state index < -0.39 is 0 Å². The SMILES string of the molecule is COC(=O)c1ccc(N2CCC(CCC(=O)NC3CCN(Cc4ccccc4)C3)CC2)nc1. The predicted molar refractivity (Wildman–Crippen MR) is 128 cm³/mol.